The number of fused-ring (bicyclic) bond motifs is 1. The molecule has 0 aromatic heterocycles. The first-order valence-electron chi connectivity index (χ1n) is 10.2. The summed E-state index contributed by atoms with van der Waals surface area (Å²) in [4.78, 5) is 38.4. The number of hydrogen-bond acceptors (Lipinski definition) is 6. The summed E-state index contributed by atoms with van der Waals surface area (Å²) >= 11 is 0. The van der Waals surface area contributed by atoms with Gasteiger partial charge in [-0.05, 0) is 36.8 Å². The van der Waals surface area contributed by atoms with Crippen LogP contribution in [0.4, 0.5) is 10.1 Å². The molecule has 170 valence electrons. The number of anilines is 1. The fourth-order valence-corrected chi connectivity index (χ4v) is 3.19. The molecule has 0 saturated carbocycles. The van der Waals surface area contributed by atoms with Gasteiger partial charge >= 0.3 is 0 Å². The van der Waals surface area contributed by atoms with Crippen LogP contribution < -0.4 is 19.7 Å². The molecule has 0 bridgehead atoms. The summed E-state index contributed by atoms with van der Waals surface area (Å²) < 4.78 is 29.0. The smallest absolute Gasteiger partial charge is 0.265 e. The first-order chi connectivity index (χ1) is 15.5. The lowest BCUT2D eigenvalue weighted by Crippen LogP contribution is -2.40. The predicted octanol–water partition coefficient (Wildman–Crippen LogP) is 2.36. The second-order valence-electron chi connectivity index (χ2n) is 7.13. The van der Waals surface area contributed by atoms with Gasteiger partial charge in [-0.15, -0.1) is 0 Å². The molecular weight excluding hydrogens is 419 g/mol. The minimum atomic E-state index is -0.456. The Bertz CT molecular complexity index is 981. The van der Waals surface area contributed by atoms with Crippen molar-refractivity contribution in [3.63, 3.8) is 0 Å². The summed E-state index contributed by atoms with van der Waals surface area (Å²) in [6.07, 6.45) is 0.703. The topological polar surface area (TPSA) is 94.2 Å². The van der Waals surface area contributed by atoms with Crippen LogP contribution in [-0.4, -0.2) is 57.6 Å². The van der Waals surface area contributed by atoms with E-state index < -0.39 is 5.82 Å². The van der Waals surface area contributed by atoms with Crippen molar-refractivity contribution >= 4 is 23.3 Å². The number of Topliss-reactive ketones (excluding diaryl/α,β-unsaturated/α-hetero) is 1. The average molecular weight is 444 g/mol. The van der Waals surface area contributed by atoms with Gasteiger partial charge in [-0.25, -0.2) is 4.39 Å². The van der Waals surface area contributed by atoms with Crippen molar-refractivity contribution in [1.29, 1.82) is 0 Å². The third-order valence-corrected chi connectivity index (χ3v) is 4.80. The molecule has 0 saturated heterocycles. The Morgan fingerprint density at radius 1 is 1.22 bits per heavy atom. The maximum absolute atomic E-state index is 13.3. The zero-order chi connectivity index (χ0) is 22.9. The zero-order valence-electron chi connectivity index (χ0n) is 17.8. The van der Waals surface area contributed by atoms with Crippen LogP contribution in [-0.2, 0) is 14.3 Å². The number of ether oxygens (including phenoxy) is 3. The Morgan fingerprint density at radius 3 is 2.84 bits per heavy atom. The number of carbonyl (C=O) groups is 3. The van der Waals surface area contributed by atoms with Crippen LogP contribution in [0.25, 0.3) is 0 Å². The third-order valence-electron chi connectivity index (χ3n) is 4.80. The number of rotatable bonds is 11. The fraction of sp³-hybridized carbons (Fsp3) is 0.348. The Balaban J connectivity index is 1.62. The Kier molecular flexibility index (Phi) is 8.15. The van der Waals surface area contributed by atoms with Crippen molar-refractivity contribution in [3.8, 4) is 11.5 Å². The molecule has 0 atom stereocenters. The number of amides is 2. The second kappa shape index (κ2) is 11.2. The van der Waals surface area contributed by atoms with Crippen molar-refractivity contribution in [2.24, 2.45) is 0 Å². The van der Waals surface area contributed by atoms with E-state index in [1.807, 2.05) is 0 Å². The van der Waals surface area contributed by atoms with Crippen molar-refractivity contribution in [3.05, 3.63) is 53.8 Å². The molecule has 0 unspecified atom stereocenters. The molecular formula is C23H25FN2O6. The normalized spacial score (nSPS) is 12.7. The van der Waals surface area contributed by atoms with E-state index in [1.165, 1.54) is 23.1 Å². The highest BCUT2D eigenvalue weighted by Gasteiger charge is 2.26. The van der Waals surface area contributed by atoms with Crippen LogP contribution >= 0.6 is 0 Å². The van der Waals surface area contributed by atoms with E-state index in [2.05, 4.69) is 5.32 Å². The highest BCUT2D eigenvalue weighted by molar-refractivity contribution is 6.02. The lowest BCUT2D eigenvalue weighted by molar-refractivity contribution is -0.123. The molecule has 1 N–H and O–H groups in total. The summed E-state index contributed by atoms with van der Waals surface area (Å²) in [5.41, 5.74) is 0.804. The van der Waals surface area contributed by atoms with E-state index in [0.717, 1.165) is 0 Å². The van der Waals surface area contributed by atoms with Crippen molar-refractivity contribution in [2.75, 3.05) is 44.9 Å². The van der Waals surface area contributed by atoms with Gasteiger partial charge in [0.15, 0.2) is 19.0 Å². The van der Waals surface area contributed by atoms with E-state index in [-0.39, 0.29) is 43.0 Å². The Labute approximate surface area is 185 Å². The van der Waals surface area contributed by atoms with E-state index >= 15 is 0 Å². The predicted molar refractivity (Wildman–Crippen MR) is 115 cm³/mol. The number of hydrogen-bond donors (Lipinski definition) is 1. The number of nitrogens with one attached hydrogen (secondary N) is 1. The maximum Gasteiger partial charge on any atom is 0.265 e. The van der Waals surface area contributed by atoms with Gasteiger partial charge in [-0.1, -0.05) is 6.07 Å². The second-order valence-corrected chi connectivity index (χ2v) is 7.13. The van der Waals surface area contributed by atoms with Crippen molar-refractivity contribution < 1.29 is 33.0 Å². The SMILES string of the molecule is COCCNC(=O)CCCN1C(=O)COc2ccc(C(=O)COc3cccc(F)c3)cc21. The average Bonchev–Trinajstić information content (AvgIpc) is 2.79. The molecule has 1 aliphatic rings. The fourth-order valence-electron chi connectivity index (χ4n) is 3.19. The van der Waals surface area contributed by atoms with Gasteiger partial charge in [0.2, 0.25) is 5.91 Å². The van der Waals surface area contributed by atoms with E-state index in [9.17, 15) is 18.8 Å². The van der Waals surface area contributed by atoms with Crippen LogP contribution in [0.2, 0.25) is 0 Å². The highest BCUT2D eigenvalue weighted by Crippen LogP contribution is 2.33. The van der Waals surface area contributed by atoms with Gasteiger partial charge in [0.25, 0.3) is 5.91 Å². The van der Waals surface area contributed by atoms with Crippen LogP contribution in [0.15, 0.2) is 42.5 Å². The standard InChI is InChI=1S/C23H25FN2O6/c1-30-11-9-25-22(28)6-3-10-26-19-12-16(7-8-21(19)32-15-23(26)29)20(27)14-31-18-5-2-4-17(24)13-18/h2,4-5,7-8,12-13H,3,6,9-11,14-15H2,1H3,(H,25,28). The number of carbonyl (C=O) groups excluding carboxylic acids is 3. The first kappa shape index (κ1) is 23.2. The molecule has 1 aliphatic heterocycles. The van der Waals surface area contributed by atoms with Crippen LogP contribution in [0.1, 0.15) is 23.2 Å². The summed E-state index contributed by atoms with van der Waals surface area (Å²) in [7, 11) is 1.56. The molecule has 2 amide bonds. The Hall–Kier alpha value is -3.46. The molecule has 0 fully saturated rings. The van der Waals surface area contributed by atoms with Crippen LogP contribution in [0.5, 0.6) is 11.5 Å². The largest absolute Gasteiger partial charge is 0.485 e. The van der Waals surface area contributed by atoms with Crippen molar-refractivity contribution in [1.82, 2.24) is 5.32 Å². The molecule has 2 aromatic carbocycles. The number of ketones is 1. The van der Waals surface area contributed by atoms with E-state index in [4.69, 9.17) is 14.2 Å². The number of nitrogens with zero attached hydrogens (tertiary/aromatic N) is 1. The molecule has 32 heavy (non-hydrogen) atoms. The summed E-state index contributed by atoms with van der Waals surface area (Å²) in [5.74, 6) is -0.425. The Morgan fingerprint density at radius 2 is 2.06 bits per heavy atom. The van der Waals surface area contributed by atoms with Gasteiger partial charge in [0, 0.05) is 38.2 Å². The zero-order valence-corrected chi connectivity index (χ0v) is 17.8. The summed E-state index contributed by atoms with van der Waals surface area (Å²) in [5, 5.41) is 2.73. The van der Waals surface area contributed by atoms with E-state index in [1.54, 1.807) is 31.4 Å². The molecule has 8 nitrogen and oxygen atoms in total. The van der Waals surface area contributed by atoms with Crippen LogP contribution in [0.3, 0.4) is 0 Å². The van der Waals surface area contributed by atoms with Gasteiger partial charge in [0.1, 0.15) is 17.3 Å². The minimum Gasteiger partial charge on any atom is -0.485 e. The molecule has 3 rings (SSSR count). The summed E-state index contributed by atoms with van der Waals surface area (Å²) in [6.45, 7) is 0.782. The molecule has 0 aliphatic carbocycles. The molecule has 0 spiro atoms. The van der Waals surface area contributed by atoms with E-state index in [0.29, 0.717) is 43.1 Å². The summed E-state index contributed by atoms with van der Waals surface area (Å²) in [6, 6.07) is 10.3. The lowest BCUT2D eigenvalue weighted by atomic mass is 10.1. The molecule has 0 radical (unpaired) electrons. The van der Waals surface area contributed by atoms with Gasteiger partial charge in [-0.3, -0.25) is 14.4 Å². The quantitative estimate of drug-likeness (QED) is 0.422. The van der Waals surface area contributed by atoms with Crippen LogP contribution in [0, 0.1) is 5.82 Å². The maximum atomic E-state index is 13.3. The highest BCUT2D eigenvalue weighted by atomic mass is 19.1. The first-order valence-corrected chi connectivity index (χ1v) is 10.2. The van der Waals surface area contributed by atoms with Crippen molar-refractivity contribution in [2.45, 2.75) is 12.8 Å². The molecule has 1 heterocycles. The monoisotopic (exact) mass is 444 g/mol. The molecule has 9 heteroatoms. The number of benzene rings is 2. The third kappa shape index (κ3) is 6.27. The number of halogens is 1. The van der Waals surface area contributed by atoms with Gasteiger partial charge in [-0.2, -0.15) is 0 Å². The van der Waals surface area contributed by atoms with Gasteiger partial charge < -0.3 is 24.4 Å². The molecule has 2 aromatic rings. The number of methoxy groups -OCH3 is 1. The minimum absolute atomic E-state index is 0.108. The lowest BCUT2D eigenvalue weighted by Gasteiger charge is -2.29. The van der Waals surface area contributed by atoms with Gasteiger partial charge in [0.05, 0.1) is 12.3 Å².